The fourth-order valence-corrected chi connectivity index (χ4v) is 3.41. The van der Waals surface area contributed by atoms with Crippen LogP contribution in [0.4, 0.5) is 5.00 Å². The zero-order valence-electron chi connectivity index (χ0n) is 16.2. The maximum Gasteiger partial charge on any atom is 0.191 e. The maximum absolute atomic E-state index is 4.81. The first-order valence-corrected chi connectivity index (χ1v) is 9.81. The Hall–Kier alpha value is -0.540. The van der Waals surface area contributed by atoms with Crippen LogP contribution in [0.3, 0.4) is 0 Å². The van der Waals surface area contributed by atoms with Crippen LogP contribution in [0, 0.1) is 0 Å². The van der Waals surface area contributed by atoms with Crippen LogP contribution < -0.4 is 15.5 Å². The van der Waals surface area contributed by atoms with Gasteiger partial charge in [0.15, 0.2) is 5.96 Å². The Morgan fingerprint density at radius 1 is 1.36 bits per heavy atom. The molecule has 2 heterocycles. The molecular weight excluding hydrogens is 445 g/mol. The van der Waals surface area contributed by atoms with Crippen molar-refractivity contribution in [2.75, 3.05) is 45.2 Å². The summed E-state index contributed by atoms with van der Waals surface area (Å²) in [5.74, 6) is 0.946. The van der Waals surface area contributed by atoms with Gasteiger partial charge in [-0.15, -0.1) is 35.3 Å². The van der Waals surface area contributed by atoms with Gasteiger partial charge in [-0.3, -0.25) is 4.99 Å². The van der Waals surface area contributed by atoms with Gasteiger partial charge >= 0.3 is 0 Å². The Bertz CT molecular complexity index is 508. The molecule has 0 amide bonds. The molecule has 2 rings (SSSR count). The molecule has 1 aromatic heterocycles. The van der Waals surface area contributed by atoms with Crippen molar-refractivity contribution in [2.45, 2.75) is 45.2 Å². The molecule has 25 heavy (non-hydrogen) atoms. The minimum atomic E-state index is 0. The average molecular weight is 479 g/mol. The molecule has 1 fully saturated rings. The Balaban J connectivity index is 0.00000312. The van der Waals surface area contributed by atoms with Crippen LogP contribution in [-0.4, -0.2) is 62.7 Å². The fraction of sp³-hybridized carbons (Fsp3) is 0.722. The summed E-state index contributed by atoms with van der Waals surface area (Å²) in [7, 11) is 4.21. The molecule has 0 unspecified atom stereocenters. The van der Waals surface area contributed by atoms with Gasteiger partial charge < -0.3 is 20.4 Å². The Kier molecular flexibility index (Phi) is 9.51. The molecule has 144 valence electrons. The van der Waals surface area contributed by atoms with Crippen LogP contribution in [0.1, 0.15) is 33.6 Å². The van der Waals surface area contributed by atoms with E-state index in [4.69, 9.17) is 4.99 Å². The SMILES string of the molecule is CCNC(=NCC(C)(C)N(C)C)NC1CCN(c2cccs2)CC1.I. The zero-order chi connectivity index (χ0) is 17.6. The number of likely N-dealkylation sites (N-methyl/N-ethyl adjacent to an activating group) is 1. The van der Waals surface area contributed by atoms with E-state index >= 15 is 0 Å². The first-order valence-electron chi connectivity index (χ1n) is 8.93. The van der Waals surface area contributed by atoms with Crippen molar-refractivity contribution >= 4 is 46.3 Å². The molecular formula is C18H34IN5S. The van der Waals surface area contributed by atoms with Gasteiger partial charge in [0.25, 0.3) is 0 Å². The summed E-state index contributed by atoms with van der Waals surface area (Å²) in [6.07, 6.45) is 2.30. The van der Waals surface area contributed by atoms with E-state index in [1.165, 1.54) is 5.00 Å². The molecule has 0 atom stereocenters. The van der Waals surface area contributed by atoms with Gasteiger partial charge in [-0.25, -0.2) is 0 Å². The summed E-state index contributed by atoms with van der Waals surface area (Å²) < 4.78 is 0. The molecule has 0 radical (unpaired) electrons. The van der Waals surface area contributed by atoms with E-state index in [0.29, 0.717) is 6.04 Å². The van der Waals surface area contributed by atoms with Gasteiger partial charge in [0.05, 0.1) is 11.5 Å². The van der Waals surface area contributed by atoms with Crippen molar-refractivity contribution in [3.63, 3.8) is 0 Å². The molecule has 1 aliphatic heterocycles. The molecule has 5 nitrogen and oxygen atoms in total. The smallest absolute Gasteiger partial charge is 0.191 e. The van der Waals surface area contributed by atoms with Gasteiger partial charge in [0.1, 0.15) is 0 Å². The highest BCUT2D eigenvalue weighted by atomic mass is 127. The lowest BCUT2D eigenvalue weighted by atomic mass is 10.0. The molecule has 7 heteroatoms. The quantitative estimate of drug-likeness (QED) is 0.374. The van der Waals surface area contributed by atoms with Crippen LogP contribution in [-0.2, 0) is 0 Å². The van der Waals surface area contributed by atoms with Crippen LogP contribution in [0.25, 0.3) is 0 Å². The Labute approximate surface area is 174 Å². The predicted molar refractivity (Wildman–Crippen MR) is 122 cm³/mol. The molecule has 0 aromatic carbocycles. The summed E-state index contributed by atoms with van der Waals surface area (Å²) in [6, 6.07) is 4.85. The van der Waals surface area contributed by atoms with Crippen molar-refractivity contribution in [1.29, 1.82) is 0 Å². The van der Waals surface area contributed by atoms with E-state index in [9.17, 15) is 0 Å². The monoisotopic (exact) mass is 479 g/mol. The number of nitrogens with zero attached hydrogens (tertiary/aromatic N) is 3. The Morgan fingerprint density at radius 2 is 2.04 bits per heavy atom. The van der Waals surface area contributed by atoms with E-state index in [1.54, 1.807) is 0 Å². The largest absolute Gasteiger partial charge is 0.363 e. The van der Waals surface area contributed by atoms with Gasteiger partial charge in [-0.2, -0.15) is 0 Å². The van der Waals surface area contributed by atoms with E-state index in [-0.39, 0.29) is 29.5 Å². The highest BCUT2D eigenvalue weighted by Crippen LogP contribution is 2.24. The average Bonchev–Trinajstić information content (AvgIpc) is 3.08. The van der Waals surface area contributed by atoms with Gasteiger partial charge in [0, 0.05) is 31.2 Å². The van der Waals surface area contributed by atoms with Gasteiger partial charge in [0.2, 0.25) is 0 Å². The molecule has 2 N–H and O–H groups in total. The molecule has 0 saturated carbocycles. The van der Waals surface area contributed by atoms with Crippen molar-refractivity contribution in [2.24, 2.45) is 4.99 Å². The van der Waals surface area contributed by atoms with E-state index < -0.39 is 0 Å². The summed E-state index contributed by atoms with van der Waals surface area (Å²) in [6.45, 7) is 10.5. The third-order valence-corrected chi connectivity index (χ3v) is 5.76. The van der Waals surface area contributed by atoms with Crippen molar-refractivity contribution in [3.8, 4) is 0 Å². The number of nitrogens with one attached hydrogen (secondary N) is 2. The summed E-state index contributed by atoms with van der Waals surface area (Å²) in [5, 5.41) is 10.6. The van der Waals surface area contributed by atoms with E-state index in [0.717, 1.165) is 45.0 Å². The molecule has 1 aromatic rings. The predicted octanol–water partition coefficient (Wildman–Crippen LogP) is 3.23. The third-order valence-electron chi connectivity index (χ3n) is 4.83. The molecule has 0 aliphatic carbocycles. The topological polar surface area (TPSA) is 42.9 Å². The number of halogens is 1. The second-order valence-electron chi connectivity index (χ2n) is 7.26. The molecule has 0 spiro atoms. The number of anilines is 1. The lowest BCUT2D eigenvalue weighted by Gasteiger charge is -2.34. The number of guanidine groups is 1. The van der Waals surface area contributed by atoms with Crippen LogP contribution in [0.2, 0.25) is 0 Å². The standard InChI is InChI=1S/C18H33N5S.HI/c1-6-19-17(20-14-18(2,3)22(4)5)21-15-9-11-23(12-10-15)16-8-7-13-24-16;/h7-8,13,15H,6,9-12,14H2,1-5H3,(H2,19,20,21);1H. The van der Waals surface area contributed by atoms with Crippen molar-refractivity contribution in [3.05, 3.63) is 17.5 Å². The highest BCUT2D eigenvalue weighted by molar-refractivity contribution is 14.0. The maximum atomic E-state index is 4.81. The second kappa shape index (κ2) is 10.6. The van der Waals surface area contributed by atoms with Crippen molar-refractivity contribution in [1.82, 2.24) is 15.5 Å². The first-order chi connectivity index (χ1) is 11.4. The molecule has 1 saturated heterocycles. The first kappa shape index (κ1) is 22.5. The lowest BCUT2D eigenvalue weighted by molar-refractivity contribution is 0.204. The molecule has 0 bridgehead atoms. The minimum absolute atomic E-state index is 0. The number of piperidine rings is 1. The summed E-state index contributed by atoms with van der Waals surface area (Å²) in [5.41, 5.74) is 0.0604. The molecule has 1 aliphatic rings. The van der Waals surface area contributed by atoms with Crippen molar-refractivity contribution < 1.29 is 0 Å². The minimum Gasteiger partial charge on any atom is -0.363 e. The number of thiophene rings is 1. The normalized spacial score (nSPS) is 16.7. The number of hydrogen-bond donors (Lipinski definition) is 2. The second-order valence-corrected chi connectivity index (χ2v) is 8.19. The third kappa shape index (κ3) is 6.94. The highest BCUT2D eigenvalue weighted by Gasteiger charge is 2.22. The van der Waals surface area contributed by atoms with Crippen LogP contribution in [0.15, 0.2) is 22.5 Å². The summed E-state index contributed by atoms with van der Waals surface area (Å²) >= 11 is 1.83. The number of hydrogen-bond acceptors (Lipinski definition) is 4. The van der Waals surface area contributed by atoms with E-state index in [1.807, 2.05) is 11.3 Å². The Morgan fingerprint density at radius 3 is 2.56 bits per heavy atom. The number of rotatable bonds is 6. The lowest BCUT2D eigenvalue weighted by Crippen LogP contribution is -2.49. The summed E-state index contributed by atoms with van der Waals surface area (Å²) in [4.78, 5) is 9.52. The fourth-order valence-electron chi connectivity index (χ4n) is 2.62. The zero-order valence-corrected chi connectivity index (χ0v) is 19.4. The van der Waals surface area contributed by atoms with Crippen LogP contribution in [0.5, 0.6) is 0 Å². The van der Waals surface area contributed by atoms with E-state index in [2.05, 4.69) is 72.8 Å². The van der Waals surface area contributed by atoms with Crippen LogP contribution >= 0.6 is 35.3 Å². The van der Waals surface area contributed by atoms with Gasteiger partial charge in [-0.05, 0) is 65.2 Å². The number of aliphatic imine (C=N–C) groups is 1. The van der Waals surface area contributed by atoms with Gasteiger partial charge in [-0.1, -0.05) is 0 Å².